The van der Waals surface area contributed by atoms with Crippen LogP contribution in [0.3, 0.4) is 0 Å². The largest absolute Gasteiger partial charge is 0.355 e. The van der Waals surface area contributed by atoms with Crippen molar-refractivity contribution in [1.82, 2.24) is 10.5 Å². The maximum atomic E-state index is 13.1. The Morgan fingerprint density at radius 3 is 2.82 bits per heavy atom. The van der Waals surface area contributed by atoms with Crippen LogP contribution in [0.25, 0.3) is 10.6 Å². The third-order valence-corrected chi connectivity index (χ3v) is 3.83. The van der Waals surface area contributed by atoms with Crippen molar-refractivity contribution in [2.75, 3.05) is 0 Å². The van der Waals surface area contributed by atoms with Gasteiger partial charge in [0.2, 0.25) is 0 Å². The van der Waals surface area contributed by atoms with E-state index in [0.717, 1.165) is 17.0 Å². The molecule has 2 heterocycles. The van der Waals surface area contributed by atoms with Gasteiger partial charge in [-0.3, -0.25) is 4.79 Å². The van der Waals surface area contributed by atoms with Crippen molar-refractivity contribution < 1.29 is 18.1 Å². The molecule has 0 saturated carbocycles. The fourth-order valence-electron chi connectivity index (χ4n) is 1.84. The van der Waals surface area contributed by atoms with Crippen molar-refractivity contribution >= 4 is 17.2 Å². The number of nitrogens with zero attached hydrogens (tertiary/aromatic N) is 1. The van der Waals surface area contributed by atoms with Gasteiger partial charge < -0.3 is 9.84 Å². The van der Waals surface area contributed by atoms with E-state index in [-0.39, 0.29) is 12.2 Å². The highest BCUT2D eigenvalue weighted by Gasteiger charge is 2.14. The third-order valence-electron chi connectivity index (χ3n) is 2.94. The number of carbonyl (C=O) groups excluding carboxylic acids is 1. The summed E-state index contributed by atoms with van der Waals surface area (Å²) < 4.78 is 31.0. The number of halogens is 2. The fraction of sp³-hybridized carbons (Fsp3) is 0.0667. The highest BCUT2D eigenvalue weighted by Crippen LogP contribution is 2.25. The Kier molecular flexibility index (Phi) is 3.97. The quantitative estimate of drug-likeness (QED) is 0.799. The van der Waals surface area contributed by atoms with E-state index in [9.17, 15) is 13.6 Å². The average Bonchev–Trinajstić information content (AvgIpc) is 3.18. The Morgan fingerprint density at radius 1 is 1.23 bits per heavy atom. The predicted molar refractivity (Wildman–Crippen MR) is 77.3 cm³/mol. The number of hydrogen-bond donors (Lipinski definition) is 1. The maximum absolute atomic E-state index is 13.1. The lowest BCUT2D eigenvalue weighted by Gasteiger charge is -2.03. The molecule has 0 bridgehead atoms. The van der Waals surface area contributed by atoms with Crippen LogP contribution in [-0.2, 0) is 6.54 Å². The van der Waals surface area contributed by atoms with Crippen LogP contribution < -0.4 is 5.32 Å². The van der Waals surface area contributed by atoms with Crippen molar-refractivity contribution in [1.29, 1.82) is 0 Å². The Morgan fingerprint density at radius 2 is 2.09 bits per heavy atom. The molecule has 1 aromatic carbocycles. The molecule has 3 rings (SSSR count). The van der Waals surface area contributed by atoms with Crippen LogP contribution in [0.2, 0.25) is 0 Å². The number of amides is 1. The zero-order valence-corrected chi connectivity index (χ0v) is 12.0. The highest BCUT2D eigenvalue weighted by atomic mass is 32.1. The van der Waals surface area contributed by atoms with E-state index >= 15 is 0 Å². The molecule has 4 nitrogen and oxygen atoms in total. The minimum atomic E-state index is -0.951. The molecule has 0 aliphatic rings. The lowest BCUT2D eigenvalue weighted by atomic mass is 10.2. The van der Waals surface area contributed by atoms with Crippen LogP contribution in [-0.4, -0.2) is 11.1 Å². The van der Waals surface area contributed by atoms with Crippen LogP contribution in [0.15, 0.2) is 46.3 Å². The van der Waals surface area contributed by atoms with Gasteiger partial charge in [-0.2, -0.15) is 0 Å². The molecular formula is C15H10F2N2O2S. The summed E-state index contributed by atoms with van der Waals surface area (Å²) in [5.74, 6) is -1.82. The summed E-state index contributed by atoms with van der Waals surface area (Å²) in [6.07, 6.45) is 0. The second kappa shape index (κ2) is 6.07. The molecule has 22 heavy (non-hydrogen) atoms. The molecule has 3 aromatic rings. The molecule has 0 aliphatic heterocycles. The SMILES string of the molecule is O=C(NCc1ccc(F)c(F)c1)c1cc(-c2cccs2)on1. The molecule has 0 spiro atoms. The minimum absolute atomic E-state index is 0.0667. The maximum Gasteiger partial charge on any atom is 0.273 e. The number of thiophene rings is 1. The van der Waals surface area contributed by atoms with E-state index in [1.165, 1.54) is 23.5 Å². The van der Waals surface area contributed by atoms with Gasteiger partial charge in [0.05, 0.1) is 4.88 Å². The molecular weight excluding hydrogens is 310 g/mol. The molecule has 112 valence electrons. The summed E-state index contributed by atoms with van der Waals surface area (Å²) in [7, 11) is 0. The Bertz CT molecular complexity index is 800. The van der Waals surface area contributed by atoms with Crippen molar-refractivity contribution in [3.05, 3.63) is 64.7 Å². The van der Waals surface area contributed by atoms with Crippen molar-refractivity contribution in [2.45, 2.75) is 6.54 Å². The van der Waals surface area contributed by atoms with Crippen LogP contribution in [0.4, 0.5) is 8.78 Å². The Hall–Kier alpha value is -2.54. The Labute approximate surface area is 128 Å². The number of benzene rings is 1. The van der Waals surface area contributed by atoms with Crippen molar-refractivity contribution in [3.63, 3.8) is 0 Å². The minimum Gasteiger partial charge on any atom is -0.355 e. The lowest BCUT2D eigenvalue weighted by molar-refractivity contribution is 0.0942. The number of rotatable bonds is 4. The second-order valence-electron chi connectivity index (χ2n) is 4.48. The molecule has 0 aliphatic carbocycles. The first-order chi connectivity index (χ1) is 10.6. The third kappa shape index (κ3) is 3.04. The van der Waals surface area contributed by atoms with Gasteiger partial charge in [-0.05, 0) is 29.1 Å². The standard InChI is InChI=1S/C15H10F2N2O2S/c16-10-4-3-9(6-11(10)17)8-18-15(20)12-7-13(21-19-12)14-2-1-5-22-14/h1-7H,8H2,(H,18,20). The Balaban J connectivity index is 1.66. The molecule has 0 unspecified atom stereocenters. The first-order valence-electron chi connectivity index (χ1n) is 6.36. The molecule has 0 saturated heterocycles. The molecule has 2 aromatic heterocycles. The van der Waals surface area contributed by atoms with Gasteiger partial charge in [0.1, 0.15) is 0 Å². The van der Waals surface area contributed by atoms with Gasteiger partial charge in [0, 0.05) is 12.6 Å². The zero-order valence-electron chi connectivity index (χ0n) is 11.2. The van der Waals surface area contributed by atoms with Gasteiger partial charge >= 0.3 is 0 Å². The van der Waals surface area contributed by atoms with E-state index in [1.807, 2.05) is 17.5 Å². The van der Waals surface area contributed by atoms with Gasteiger partial charge in [-0.1, -0.05) is 17.3 Å². The molecule has 0 atom stereocenters. The monoisotopic (exact) mass is 320 g/mol. The summed E-state index contributed by atoms with van der Waals surface area (Å²) in [6.45, 7) is 0.0667. The van der Waals surface area contributed by atoms with Crippen LogP contribution in [0.5, 0.6) is 0 Å². The predicted octanol–water partition coefficient (Wildman–Crippen LogP) is 3.61. The van der Waals surface area contributed by atoms with E-state index in [2.05, 4.69) is 10.5 Å². The van der Waals surface area contributed by atoms with E-state index in [4.69, 9.17) is 4.52 Å². The van der Waals surface area contributed by atoms with Gasteiger partial charge in [0.15, 0.2) is 23.1 Å². The topological polar surface area (TPSA) is 55.1 Å². The normalized spacial score (nSPS) is 10.6. The van der Waals surface area contributed by atoms with Crippen molar-refractivity contribution in [2.24, 2.45) is 0 Å². The molecule has 0 fully saturated rings. The van der Waals surface area contributed by atoms with Crippen LogP contribution >= 0.6 is 11.3 Å². The van der Waals surface area contributed by atoms with Gasteiger partial charge in [-0.15, -0.1) is 11.3 Å². The summed E-state index contributed by atoms with van der Waals surface area (Å²) in [5.41, 5.74) is 0.584. The number of hydrogen-bond acceptors (Lipinski definition) is 4. The number of nitrogens with one attached hydrogen (secondary N) is 1. The van der Waals surface area contributed by atoms with E-state index in [1.54, 1.807) is 0 Å². The molecule has 1 N–H and O–H groups in total. The summed E-state index contributed by atoms with van der Waals surface area (Å²) in [6, 6.07) is 8.71. The van der Waals surface area contributed by atoms with Gasteiger partial charge in [-0.25, -0.2) is 8.78 Å². The summed E-state index contributed by atoms with van der Waals surface area (Å²) in [5, 5.41) is 8.16. The highest BCUT2D eigenvalue weighted by molar-refractivity contribution is 7.13. The van der Waals surface area contributed by atoms with E-state index < -0.39 is 17.5 Å². The zero-order chi connectivity index (χ0) is 15.5. The molecule has 0 radical (unpaired) electrons. The average molecular weight is 320 g/mol. The second-order valence-corrected chi connectivity index (χ2v) is 5.43. The van der Waals surface area contributed by atoms with Crippen LogP contribution in [0.1, 0.15) is 16.1 Å². The van der Waals surface area contributed by atoms with Crippen molar-refractivity contribution in [3.8, 4) is 10.6 Å². The lowest BCUT2D eigenvalue weighted by Crippen LogP contribution is -2.23. The first-order valence-corrected chi connectivity index (χ1v) is 7.24. The fourth-order valence-corrected chi connectivity index (χ4v) is 2.51. The smallest absolute Gasteiger partial charge is 0.273 e. The summed E-state index contributed by atoms with van der Waals surface area (Å²) in [4.78, 5) is 12.8. The van der Waals surface area contributed by atoms with Gasteiger partial charge in [0.25, 0.3) is 5.91 Å². The molecule has 7 heteroatoms. The van der Waals surface area contributed by atoms with Crippen LogP contribution in [0, 0.1) is 11.6 Å². The number of carbonyl (C=O) groups is 1. The van der Waals surface area contributed by atoms with E-state index in [0.29, 0.717) is 11.3 Å². The first kappa shape index (κ1) is 14.4. The number of aromatic nitrogens is 1. The summed E-state index contributed by atoms with van der Waals surface area (Å²) >= 11 is 1.47. The molecule has 1 amide bonds.